The largest absolute Gasteiger partial charge is 0.329 e. The molecule has 0 aliphatic heterocycles. The van der Waals surface area contributed by atoms with Crippen molar-refractivity contribution in [2.24, 2.45) is 5.73 Å². The van der Waals surface area contributed by atoms with Crippen molar-refractivity contribution < 1.29 is 9.59 Å². The molecule has 0 saturated carbocycles. The van der Waals surface area contributed by atoms with Crippen LogP contribution >= 0.6 is 11.6 Å². The van der Waals surface area contributed by atoms with Gasteiger partial charge in [0.15, 0.2) is 0 Å². The van der Waals surface area contributed by atoms with E-state index in [1.165, 1.54) is 13.1 Å². The first-order valence-electron chi connectivity index (χ1n) is 5.75. The third-order valence-electron chi connectivity index (χ3n) is 2.33. The molecule has 0 aliphatic carbocycles. The van der Waals surface area contributed by atoms with E-state index in [2.05, 4.69) is 5.32 Å². The predicted molar refractivity (Wildman–Crippen MR) is 75.5 cm³/mol. The van der Waals surface area contributed by atoms with Gasteiger partial charge in [0, 0.05) is 31.2 Å². The zero-order valence-electron chi connectivity index (χ0n) is 10.6. The molecule has 19 heavy (non-hydrogen) atoms. The lowest BCUT2D eigenvalue weighted by atomic mass is 10.2. The molecule has 0 aromatic heterocycles. The van der Waals surface area contributed by atoms with Gasteiger partial charge < -0.3 is 11.1 Å². The van der Waals surface area contributed by atoms with Gasteiger partial charge in [-0.2, -0.15) is 0 Å². The van der Waals surface area contributed by atoms with Gasteiger partial charge in [0.2, 0.25) is 5.91 Å². The van der Waals surface area contributed by atoms with Crippen LogP contribution in [0.25, 0.3) is 6.08 Å². The van der Waals surface area contributed by atoms with Crippen LogP contribution in [0.1, 0.15) is 12.5 Å². The lowest BCUT2D eigenvalue weighted by Crippen LogP contribution is -2.43. The van der Waals surface area contributed by atoms with E-state index in [1.54, 1.807) is 18.2 Å². The van der Waals surface area contributed by atoms with E-state index >= 15 is 0 Å². The summed E-state index contributed by atoms with van der Waals surface area (Å²) in [4.78, 5) is 23.9. The van der Waals surface area contributed by atoms with Gasteiger partial charge in [-0.25, -0.2) is 4.79 Å². The molecule has 0 spiro atoms. The molecule has 5 nitrogen and oxygen atoms in total. The number of nitrogens with one attached hydrogen (secondary N) is 1. The molecule has 0 atom stereocenters. The molecule has 0 fully saturated rings. The number of nitrogens with zero attached hydrogens (tertiary/aromatic N) is 1. The number of urea groups is 1. The van der Waals surface area contributed by atoms with Gasteiger partial charge in [0.1, 0.15) is 0 Å². The molecule has 3 N–H and O–H groups in total. The maximum absolute atomic E-state index is 11.7. The van der Waals surface area contributed by atoms with Crippen molar-refractivity contribution in [1.82, 2.24) is 10.2 Å². The van der Waals surface area contributed by atoms with Crippen molar-refractivity contribution in [2.45, 2.75) is 6.92 Å². The van der Waals surface area contributed by atoms with Crippen molar-refractivity contribution in [3.63, 3.8) is 0 Å². The van der Waals surface area contributed by atoms with Gasteiger partial charge in [-0.05, 0) is 23.8 Å². The lowest BCUT2D eigenvalue weighted by molar-refractivity contribution is -0.125. The van der Waals surface area contributed by atoms with E-state index in [9.17, 15) is 9.59 Å². The second-order valence-electron chi connectivity index (χ2n) is 3.79. The number of hydrogen-bond acceptors (Lipinski definition) is 3. The van der Waals surface area contributed by atoms with E-state index < -0.39 is 6.03 Å². The fourth-order valence-electron chi connectivity index (χ4n) is 1.39. The number of imide groups is 1. The Bertz CT molecular complexity index is 471. The van der Waals surface area contributed by atoms with Gasteiger partial charge in [-0.15, -0.1) is 0 Å². The smallest absolute Gasteiger partial charge is 0.328 e. The zero-order chi connectivity index (χ0) is 14.3. The van der Waals surface area contributed by atoms with Crippen LogP contribution in [-0.4, -0.2) is 29.9 Å². The number of amides is 3. The van der Waals surface area contributed by atoms with E-state index in [-0.39, 0.29) is 19.0 Å². The quantitative estimate of drug-likeness (QED) is 0.884. The third kappa shape index (κ3) is 5.11. The standard InChI is InChI=1S/C13H16ClN3O2/c1-10(18)17(9-7-15)13(19)16-8-6-11-2-4-12(14)5-3-11/h2-6,8H,7,9,15H2,1H3,(H,16,19)/b8-6+. The van der Waals surface area contributed by atoms with Crippen LogP contribution in [0.2, 0.25) is 5.02 Å². The molecule has 102 valence electrons. The topological polar surface area (TPSA) is 75.4 Å². The van der Waals surface area contributed by atoms with Crippen molar-refractivity contribution in [1.29, 1.82) is 0 Å². The SMILES string of the molecule is CC(=O)N(CCN)C(=O)N/C=C/c1ccc(Cl)cc1. The molecular weight excluding hydrogens is 266 g/mol. The first-order valence-corrected chi connectivity index (χ1v) is 6.13. The fraction of sp³-hybridized carbons (Fsp3) is 0.231. The summed E-state index contributed by atoms with van der Waals surface area (Å²) in [7, 11) is 0. The molecule has 1 rings (SSSR count). The highest BCUT2D eigenvalue weighted by molar-refractivity contribution is 6.30. The average Bonchev–Trinajstić information content (AvgIpc) is 2.37. The number of rotatable bonds is 4. The minimum Gasteiger partial charge on any atom is -0.329 e. The molecule has 0 radical (unpaired) electrons. The number of nitrogens with two attached hydrogens (primary N) is 1. The second-order valence-corrected chi connectivity index (χ2v) is 4.23. The number of carbonyl (C=O) groups excluding carboxylic acids is 2. The Labute approximate surface area is 117 Å². The summed E-state index contributed by atoms with van der Waals surface area (Å²) in [6.07, 6.45) is 3.17. The molecule has 0 bridgehead atoms. The van der Waals surface area contributed by atoms with Gasteiger partial charge in [-0.3, -0.25) is 9.69 Å². The van der Waals surface area contributed by atoms with Crippen LogP contribution in [-0.2, 0) is 4.79 Å². The van der Waals surface area contributed by atoms with E-state index in [0.717, 1.165) is 10.5 Å². The number of hydrogen-bond donors (Lipinski definition) is 2. The maximum atomic E-state index is 11.7. The van der Waals surface area contributed by atoms with Crippen LogP contribution < -0.4 is 11.1 Å². The molecule has 3 amide bonds. The summed E-state index contributed by atoms with van der Waals surface area (Å²) < 4.78 is 0. The molecule has 1 aromatic rings. The molecule has 0 saturated heterocycles. The normalized spacial score (nSPS) is 10.5. The Hall–Kier alpha value is -1.85. The van der Waals surface area contributed by atoms with Gasteiger partial charge in [0.25, 0.3) is 0 Å². The summed E-state index contributed by atoms with van der Waals surface area (Å²) in [6.45, 7) is 1.74. The Morgan fingerprint density at radius 2 is 2.00 bits per heavy atom. The molecular formula is C13H16ClN3O2. The van der Waals surface area contributed by atoms with E-state index in [4.69, 9.17) is 17.3 Å². The summed E-state index contributed by atoms with van der Waals surface area (Å²) in [5.41, 5.74) is 6.22. The maximum Gasteiger partial charge on any atom is 0.328 e. The van der Waals surface area contributed by atoms with Gasteiger partial charge in [0.05, 0.1) is 0 Å². The van der Waals surface area contributed by atoms with Gasteiger partial charge in [-0.1, -0.05) is 23.7 Å². The van der Waals surface area contributed by atoms with Crippen LogP contribution in [0.3, 0.4) is 0 Å². The van der Waals surface area contributed by atoms with Crippen molar-refractivity contribution in [3.8, 4) is 0 Å². The molecule has 0 heterocycles. The first kappa shape index (κ1) is 15.2. The summed E-state index contributed by atoms with van der Waals surface area (Å²) in [5.74, 6) is -0.345. The highest BCUT2D eigenvalue weighted by Gasteiger charge is 2.15. The third-order valence-corrected chi connectivity index (χ3v) is 2.58. The molecule has 1 aromatic carbocycles. The van der Waals surface area contributed by atoms with Gasteiger partial charge >= 0.3 is 6.03 Å². The summed E-state index contributed by atoms with van der Waals surface area (Å²) >= 11 is 5.76. The van der Waals surface area contributed by atoms with Crippen LogP contribution in [0, 0.1) is 0 Å². The van der Waals surface area contributed by atoms with Crippen molar-refractivity contribution >= 4 is 29.6 Å². The zero-order valence-corrected chi connectivity index (χ0v) is 11.4. The minimum absolute atomic E-state index is 0.190. The Balaban J connectivity index is 2.57. The number of halogens is 1. The van der Waals surface area contributed by atoms with E-state index in [1.807, 2.05) is 12.1 Å². The predicted octanol–water partition coefficient (Wildman–Crippen LogP) is 1.83. The summed E-state index contributed by atoms with van der Waals surface area (Å²) in [6, 6.07) is 6.63. The highest BCUT2D eigenvalue weighted by atomic mass is 35.5. The number of carbonyl (C=O) groups is 2. The van der Waals surface area contributed by atoms with Crippen LogP contribution in [0.15, 0.2) is 30.5 Å². The summed E-state index contributed by atoms with van der Waals surface area (Å²) in [5, 5.41) is 3.15. The van der Waals surface area contributed by atoms with E-state index in [0.29, 0.717) is 5.02 Å². The average molecular weight is 282 g/mol. The lowest BCUT2D eigenvalue weighted by Gasteiger charge is -2.17. The fourth-order valence-corrected chi connectivity index (χ4v) is 1.52. The number of benzene rings is 1. The first-order chi connectivity index (χ1) is 9.04. The second kappa shape index (κ2) is 7.56. The van der Waals surface area contributed by atoms with Crippen molar-refractivity contribution in [3.05, 3.63) is 41.1 Å². The molecule has 0 unspecified atom stereocenters. The minimum atomic E-state index is -0.497. The highest BCUT2D eigenvalue weighted by Crippen LogP contribution is 2.10. The van der Waals surface area contributed by atoms with Crippen LogP contribution in [0.4, 0.5) is 4.79 Å². The Kier molecular flexibility index (Phi) is 6.05. The Morgan fingerprint density at radius 1 is 1.37 bits per heavy atom. The monoisotopic (exact) mass is 281 g/mol. The Morgan fingerprint density at radius 3 is 2.53 bits per heavy atom. The molecule has 6 heteroatoms. The molecule has 0 aliphatic rings. The van der Waals surface area contributed by atoms with Crippen molar-refractivity contribution in [2.75, 3.05) is 13.1 Å². The van der Waals surface area contributed by atoms with Crippen LogP contribution in [0.5, 0.6) is 0 Å².